The van der Waals surface area contributed by atoms with Gasteiger partial charge in [0.15, 0.2) is 11.6 Å². The monoisotopic (exact) mass is 262 g/mol. The van der Waals surface area contributed by atoms with Gasteiger partial charge in [-0.2, -0.15) is 0 Å². The second kappa shape index (κ2) is 5.69. The summed E-state index contributed by atoms with van der Waals surface area (Å²) in [5, 5.41) is 2.88. The minimum absolute atomic E-state index is 0.0304. The van der Waals surface area contributed by atoms with Crippen LogP contribution >= 0.6 is 0 Å². The highest BCUT2D eigenvalue weighted by molar-refractivity contribution is 5.66. The van der Waals surface area contributed by atoms with Crippen LogP contribution in [0.1, 0.15) is 18.4 Å². The predicted molar refractivity (Wildman–Crippen MR) is 74.1 cm³/mol. The average Bonchev–Trinajstić information content (AvgIpc) is 2.44. The molecule has 19 heavy (non-hydrogen) atoms. The van der Waals surface area contributed by atoms with Crippen molar-refractivity contribution < 1.29 is 8.78 Å². The molecule has 0 spiro atoms. The summed E-state index contributed by atoms with van der Waals surface area (Å²) in [5.74, 6) is -1.66. The Labute approximate surface area is 111 Å². The van der Waals surface area contributed by atoms with Crippen LogP contribution < -0.4 is 11.1 Å². The molecule has 0 aliphatic carbocycles. The van der Waals surface area contributed by atoms with Crippen molar-refractivity contribution in [3.8, 4) is 0 Å². The maximum Gasteiger partial charge on any atom is 0.183 e. The highest BCUT2D eigenvalue weighted by Crippen LogP contribution is 2.25. The number of nitrogen functional groups attached to an aromatic ring is 1. The Morgan fingerprint density at radius 1 is 1.11 bits per heavy atom. The van der Waals surface area contributed by atoms with E-state index >= 15 is 0 Å². The van der Waals surface area contributed by atoms with Gasteiger partial charge < -0.3 is 11.1 Å². The molecular weight excluding hydrogens is 246 g/mol. The van der Waals surface area contributed by atoms with Crippen LogP contribution in [0, 0.1) is 11.6 Å². The molecule has 3 N–H and O–H groups in total. The summed E-state index contributed by atoms with van der Waals surface area (Å²) in [5.41, 5.74) is 7.01. The summed E-state index contributed by atoms with van der Waals surface area (Å²) in [6.07, 6.45) is 0. The zero-order chi connectivity index (χ0) is 13.8. The Balaban J connectivity index is 2.09. The summed E-state index contributed by atoms with van der Waals surface area (Å²) in [4.78, 5) is 0. The quantitative estimate of drug-likeness (QED) is 0.823. The topological polar surface area (TPSA) is 38.0 Å². The maximum absolute atomic E-state index is 13.6. The van der Waals surface area contributed by atoms with E-state index in [1.165, 1.54) is 6.07 Å². The van der Waals surface area contributed by atoms with E-state index in [4.69, 9.17) is 5.73 Å². The summed E-state index contributed by atoms with van der Waals surface area (Å²) in [6, 6.07) is 12.2. The van der Waals surface area contributed by atoms with Gasteiger partial charge in [0.2, 0.25) is 0 Å². The molecule has 0 radical (unpaired) electrons. The lowest BCUT2D eigenvalue weighted by Gasteiger charge is -2.16. The largest absolute Gasteiger partial charge is 0.397 e. The van der Waals surface area contributed by atoms with Crippen LogP contribution in [0.4, 0.5) is 20.2 Å². The highest BCUT2D eigenvalue weighted by atomic mass is 19.2. The van der Waals surface area contributed by atoms with Crippen molar-refractivity contribution in [1.29, 1.82) is 0 Å². The van der Waals surface area contributed by atoms with Crippen molar-refractivity contribution in [3.63, 3.8) is 0 Å². The molecule has 100 valence electrons. The fraction of sp³-hybridized carbons (Fsp3) is 0.200. The highest BCUT2D eigenvalue weighted by Gasteiger charge is 2.13. The molecule has 0 aliphatic heterocycles. The Morgan fingerprint density at radius 2 is 1.79 bits per heavy atom. The van der Waals surface area contributed by atoms with Crippen molar-refractivity contribution in [2.45, 2.75) is 12.8 Å². The van der Waals surface area contributed by atoms with Crippen LogP contribution in [0.25, 0.3) is 0 Å². The molecule has 4 heteroatoms. The average molecular weight is 262 g/mol. The number of hydrogen-bond donors (Lipinski definition) is 2. The molecule has 0 aliphatic rings. The lowest BCUT2D eigenvalue weighted by atomic mass is 10.0. The normalized spacial score (nSPS) is 12.2. The Bertz CT molecular complexity index is 556. The molecular formula is C15H16F2N2. The molecule has 0 saturated carbocycles. The van der Waals surface area contributed by atoms with Crippen LogP contribution in [0.2, 0.25) is 0 Å². The molecule has 0 heterocycles. The second-order valence-electron chi connectivity index (χ2n) is 4.52. The molecule has 0 fully saturated rings. The third kappa shape index (κ3) is 3.02. The van der Waals surface area contributed by atoms with Gasteiger partial charge in [-0.3, -0.25) is 0 Å². The number of nitrogens with one attached hydrogen (secondary N) is 1. The van der Waals surface area contributed by atoms with Gasteiger partial charge in [0.1, 0.15) is 0 Å². The lowest BCUT2D eigenvalue weighted by Crippen LogP contribution is -2.13. The van der Waals surface area contributed by atoms with Gasteiger partial charge in [0.25, 0.3) is 0 Å². The van der Waals surface area contributed by atoms with Crippen LogP contribution in [0.5, 0.6) is 0 Å². The zero-order valence-corrected chi connectivity index (χ0v) is 10.7. The molecule has 1 atom stereocenters. The van der Waals surface area contributed by atoms with E-state index in [1.54, 1.807) is 0 Å². The first-order valence-electron chi connectivity index (χ1n) is 6.12. The molecule has 0 amide bonds. The van der Waals surface area contributed by atoms with E-state index in [-0.39, 0.29) is 17.3 Å². The van der Waals surface area contributed by atoms with E-state index in [2.05, 4.69) is 5.32 Å². The Hall–Kier alpha value is -2.10. The second-order valence-corrected chi connectivity index (χ2v) is 4.52. The molecule has 1 unspecified atom stereocenters. The zero-order valence-electron chi connectivity index (χ0n) is 10.7. The van der Waals surface area contributed by atoms with Gasteiger partial charge in [0, 0.05) is 6.54 Å². The number of halogens is 2. The van der Waals surface area contributed by atoms with Crippen LogP contribution in [-0.4, -0.2) is 6.54 Å². The minimum atomic E-state index is -0.930. The van der Waals surface area contributed by atoms with Crippen molar-refractivity contribution in [1.82, 2.24) is 0 Å². The summed E-state index contributed by atoms with van der Waals surface area (Å²) >= 11 is 0. The van der Waals surface area contributed by atoms with Gasteiger partial charge >= 0.3 is 0 Å². The Morgan fingerprint density at radius 3 is 2.47 bits per heavy atom. The summed E-state index contributed by atoms with van der Waals surface area (Å²) < 4.78 is 26.7. The van der Waals surface area contributed by atoms with Crippen molar-refractivity contribution in [3.05, 3.63) is 59.7 Å². The fourth-order valence-corrected chi connectivity index (χ4v) is 1.90. The number of rotatable bonds is 4. The van der Waals surface area contributed by atoms with Gasteiger partial charge in [-0.15, -0.1) is 0 Å². The SMILES string of the molecule is CC(CNc1c(N)ccc(F)c1F)c1ccccc1. The number of benzene rings is 2. The smallest absolute Gasteiger partial charge is 0.183 e. The van der Waals surface area contributed by atoms with Crippen LogP contribution in [0.3, 0.4) is 0 Å². The van der Waals surface area contributed by atoms with E-state index in [9.17, 15) is 8.78 Å². The van der Waals surface area contributed by atoms with Crippen molar-refractivity contribution in [2.75, 3.05) is 17.6 Å². The lowest BCUT2D eigenvalue weighted by molar-refractivity contribution is 0.511. The van der Waals surface area contributed by atoms with Crippen molar-refractivity contribution in [2.24, 2.45) is 0 Å². The van der Waals surface area contributed by atoms with E-state index in [0.29, 0.717) is 6.54 Å². The van der Waals surface area contributed by atoms with Crippen molar-refractivity contribution >= 4 is 11.4 Å². The molecule has 2 aromatic rings. The predicted octanol–water partition coefficient (Wildman–Crippen LogP) is 3.76. The number of nitrogens with two attached hydrogens (primary N) is 1. The minimum Gasteiger partial charge on any atom is -0.397 e. The van der Waals surface area contributed by atoms with Gasteiger partial charge in [-0.05, 0) is 23.6 Å². The third-order valence-electron chi connectivity index (χ3n) is 3.08. The first-order chi connectivity index (χ1) is 9.09. The van der Waals surface area contributed by atoms with Crippen LogP contribution in [-0.2, 0) is 0 Å². The number of anilines is 2. The van der Waals surface area contributed by atoms with E-state index in [0.717, 1.165) is 11.6 Å². The molecule has 0 aromatic heterocycles. The standard InChI is InChI=1S/C15H16F2N2/c1-10(11-5-3-2-4-6-11)9-19-15-13(18)8-7-12(16)14(15)17/h2-8,10,19H,9,18H2,1H3. The van der Waals surface area contributed by atoms with E-state index < -0.39 is 11.6 Å². The molecule has 2 nitrogen and oxygen atoms in total. The Kier molecular flexibility index (Phi) is 4.00. The molecule has 0 saturated heterocycles. The fourth-order valence-electron chi connectivity index (χ4n) is 1.90. The summed E-state index contributed by atoms with van der Waals surface area (Å²) in [6.45, 7) is 2.49. The molecule has 0 bridgehead atoms. The van der Waals surface area contributed by atoms with Crippen LogP contribution in [0.15, 0.2) is 42.5 Å². The molecule has 2 aromatic carbocycles. The maximum atomic E-state index is 13.6. The number of hydrogen-bond acceptors (Lipinski definition) is 2. The van der Waals surface area contributed by atoms with Gasteiger partial charge in [-0.25, -0.2) is 8.78 Å². The first-order valence-corrected chi connectivity index (χ1v) is 6.12. The van der Waals surface area contributed by atoms with Gasteiger partial charge in [-0.1, -0.05) is 37.3 Å². The molecule has 2 rings (SSSR count). The third-order valence-corrected chi connectivity index (χ3v) is 3.08. The first kappa shape index (κ1) is 13.3. The van der Waals surface area contributed by atoms with Gasteiger partial charge in [0.05, 0.1) is 11.4 Å². The van der Waals surface area contributed by atoms with E-state index in [1.807, 2.05) is 37.3 Å². The summed E-state index contributed by atoms with van der Waals surface area (Å²) in [7, 11) is 0.